The van der Waals surface area contributed by atoms with Crippen molar-refractivity contribution in [1.82, 2.24) is 0 Å². The topological polar surface area (TPSA) is 615 Å². The Morgan fingerprint density at radius 1 is 0.372 bits per heavy atom. The van der Waals surface area contributed by atoms with Crippen molar-refractivity contribution in [2.75, 3.05) is 52.8 Å². The standard InChI is InChI=1S/C43H75NO34/c1-15(52)36-21(12-44)71-23(14-51)70-16(2-7-45)24(53)30(59)38(65)72-17(3-8-46)25(54)31(60)39(66)73-18(4-9-47)26(55)32(61)40(67)74-19(5-10-48)27(56)33(62)42(69)78-37-22(13-50)76-43(35(64)29(37)58)75-20(6-11-49)28(57)34(63)41(68)77-36/h15-23,29,35-43,45-69H,2-14,44H2,1H3/b30-24-,31-25-,32-26+,33-27+,34-28-. The fourth-order valence-corrected chi connectivity index (χ4v) is 7.25. The van der Waals surface area contributed by atoms with Gasteiger partial charge in [0.25, 0.3) is 0 Å². The van der Waals surface area contributed by atoms with E-state index >= 15 is 0 Å². The largest absolute Gasteiger partial charge is 0.506 e. The van der Waals surface area contributed by atoms with Crippen molar-refractivity contribution >= 4 is 0 Å². The molecule has 35 heteroatoms. The van der Waals surface area contributed by atoms with Gasteiger partial charge >= 0.3 is 0 Å². The van der Waals surface area contributed by atoms with Crippen LogP contribution in [0.3, 0.4) is 0 Å². The van der Waals surface area contributed by atoms with Crippen LogP contribution in [0.25, 0.3) is 0 Å². The van der Waals surface area contributed by atoms with E-state index < -0.39 is 260 Å². The molecule has 1 fully saturated rings. The van der Waals surface area contributed by atoms with Crippen LogP contribution in [0.1, 0.15) is 39.0 Å². The van der Waals surface area contributed by atoms with Gasteiger partial charge in [-0.25, -0.2) is 0 Å². The maximum atomic E-state index is 11.1. The van der Waals surface area contributed by atoms with E-state index in [1.165, 1.54) is 0 Å². The van der Waals surface area contributed by atoms with Crippen LogP contribution in [-0.2, 0) is 42.6 Å². The summed E-state index contributed by atoms with van der Waals surface area (Å²) >= 11 is 0. The minimum absolute atomic E-state index is 0.698. The molecule has 35 nitrogen and oxygen atoms in total. The van der Waals surface area contributed by atoms with Crippen LogP contribution in [0.4, 0.5) is 0 Å². The molecule has 2 bridgehead atoms. The molecular weight excluding hydrogens is 1070 g/mol. The smallest absolute Gasteiger partial charge is 0.218 e. The maximum Gasteiger partial charge on any atom is 0.218 e. The molecule has 1 saturated heterocycles. The molecule has 0 aliphatic carbocycles. The van der Waals surface area contributed by atoms with E-state index in [4.69, 9.17) is 48.4 Å². The summed E-state index contributed by atoms with van der Waals surface area (Å²) < 4.78 is 47.7. The van der Waals surface area contributed by atoms with Gasteiger partial charge in [-0.1, -0.05) is 0 Å². The number of aliphatic hydroxyl groups is 25. The van der Waals surface area contributed by atoms with Crippen LogP contribution in [0.2, 0.25) is 0 Å². The first-order valence-corrected chi connectivity index (χ1v) is 23.6. The highest BCUT2D eigenvalue weighted by molar-refractivity contribution is 5.14. The predicted octanol–water partition coefficient (Wildman–Crippen LogP) is -6.68. The van der Waals surface area contributed by atoms with E-state index in [0.29, 0.717) is 0 Å². The maximum absolute atomic E-state index is 11.1. The summed E-state index contributed by atoms with van der Waals surface area (Å²) in [7, 11) is 0. The first-order valence-electron chi connectivity index (χ1n) is 23.6. The summed E-state index contributed by atoms with van der Waals surface area (Å²) in [5.74, 6) is -15.3. The number of aliphatic hydroxyl groups excluding tert-OH is 25. The van der Waals surface area contributed by atoms with Crippen molar-refractivity contribution in [2.45, 2.75) is 156 Å². The minimum Gasteiger partial charge on any atom is -0.506 e. The zero-order valence-electron chi connectivity index (χ0n) is 41.6. The highest BCUT2D eigenvalue weighted by atomic mass is 16.7. The number of rotatable bonds is 14. The van der Waals surface area contributed by atoms with E-state index in [-0.39, 0.29) is 0 Å². The average molecular weight is 1150 g/mol. The van der Waals surface area contributed by atoms with E-state index in [2.05, 4.69) is 0 Å². The van der Waals surface area contributed by atoms with Crippen molar-refractivity contribution in [1.29, 1.82) is 0 Å². The van der Waals surface area contributed by atoms with Crippen LogP contribution in [0.5, 0.6) is 0 Å². The molecule has 19 atom stereocenters. The van der Waals surface area contributed by atoms with Gasteiger partial charge < -0.3 is 176 Å². The molecule has 78 heavy (non-hydrogen) atoms. The first kappa shape index (κ1) is 69.8. The molecule has 3 aliphatic rings. The molecule has 0 spiro atoms. The third-order valence-corrected chi connectivity index (χ3v) is 11.4. The molecule has 0 amide bonds. The molecule has 3 heterocycles. The lowest BCUT2D eigenvalue weighted by molar-refractivity contribution is -0.329. The van der Waals surface area contributed by atoms with Crippen molar-refractivity contribution in [2.24, 2.45) is 5.73 Å². The monoisotopic (exact) mass is 1150 g/mol. The normalized spacial score (nSPS) is 40.5. The van der Waals surface area contributed by atoms with Gasteiger partial charge in [-0.15, -0.1) is 0 Å². The Morgan fingerprint density at radius 3 is 1.00 bits per heavy atom. The third kappa shape index (κ3) is 19.2. The zero-order chi connectivity index (χ0) is 59.3. The van der Waals surface area contributed by atoms with Crippen LogP contribution in [-0.4, -0.2) is 298 Å². The van der Waals surface area contributed by atoms with Crippen LogP contribution in [0.15, 0.2) is 57.6 Å². The molecule has 3 rings (SSSR count). The summed E-state index contributed by atoms with van der Waals surface area (Å²) in [4.78, 5) is 0. The van der Waals surface area contributed by atoms with Crippen LogP contribution >= 0.6 is 0 Å². The fourth-order valence-electron chi connectivity index (χ4n) is 7.25. The SMILES string of the molecule is CC(O)C1OC(O)/C(O)=C(/O)C(CCO)OC2OC(CO)C(OC(O)/C(O)=C(\O)C(CCO)OC(O)/C(O)=C(\O)C(CCO)OC(O)/C(O)=C(/O)C(CCO)OC(O)/C(O)=C(/O)C(CCO)OC(CO)OC1CN)C(O)C2O. The molecule has 27 N–H and O–H groups in total. The summed E-state index contributed by atoms with van der Waals surface area (Å²) in [6.45, 7) is -6.68. The van der Waals surface area contributed by atoms with Crippen LogP contribution in [0, 0.1) is 0 Å². The Bertz CT molecular complexity index is 1930. The Kier molecular flexibility index (Phi) is 30.5. The van der Waals surface area contributed by atoms with Crippen molar-refractivity contribution in [3.05, 3.63) is 57.6 Å². The number of hydrogen-bond acceptors (Lipinski definition) is 35. The van der Waals surface area contributed by atoms with Gasteiger partial charge in [-0.3, -0.25) is 0 Å². The molecular formula is C43H75NO34. The van der Waals surface area contributed by atoms with E-state index in [0.717, 1.165) is 6.92 Å². The van der Waals surface area contributed by atoms with Gasteiger partial charge in [0.1, 0.15) is 67.1 Å². The number of nitrogens with two attached hydrogens (primary N) is 1. The summed E-state index contributed by atoms with van der Waals surface area (Å²) in [6.07, 6.45) is -46.6. The lowest BCUT2D eigenvalue weighted by Crippen LogP contribution is -2.61. The van der Waals surface area contributed by atoms with Crippen molar-refractivity contribution in [3.63, 3.8) is 0 Å². The Morgan fingerprint density at radius 2 is 0.692 bits per heavy atom. The highest BCUT2D eigenvalue weighted by Crippen LogP contribution is 2.31. The summed E-state index contributed by atoms with van der Waals surface area (Å²) in [5, 5.41) is 264. The highest BCUT2D eigenvalue weighted by Gasteiger charge is 2.49. The Hall–Kier alpha value is -4.30. The van der Waals surface area contributed by atoms with Crippen molar-refractivity contribution in [3.8, 4) is 0 Å². The van der Waals surface area contributed by atoms with Gasteiger partial charge in [0.2, 0.25) is 31.5 Å². The van der Waals surface area contributed by atoms with Gasteiger partial charge in [0.05, 0.1) is 19.3 Å². The van der Waals surface area contributed by atoms with Gasteiger partial charge in [0, 0.05) is 71.7 Å². The third-order valence-electron chi connectivity index (χ3n) is 11.4. The molecule has 3 aliphatic heterocycles. The number of hydrogen-bond donors (Lipinski definition) is 26. The van der Waals surface area contributed by atoms with Gasteiger partial charge in [0.15, 0.2) is 70.2 Å². The lowest BCUT2D eigenvalue weighted by Gasteiger charge is -2.43. The molecule has 0 aromatic heterocycles. The quantitative estimate of drug-likeness (QED) is 0.0769. The fraction of sp³-hybridized carbons (Fsp3) is 0.767. The zero-order valence-corrected chi connectivity index (χ0v) is 41.6. The molecule has 19 unspecified atom stereocenters. The molecule has 0 aromatic rings. The Balaban J connectivity index is 2.86. The lowest BCUT2D eigenvalue weighted by atomic mass is 9.98. The number of ether oxygens (including phenoxy) is 9. The van der Waals surface area contributed by atoms with E-state index in [9.17, 15) is 128 Å². The summed E-state index contributed by atoms with van der Waals surface area (Å²) in [6, 6.07) is 0. The molecule has 0 saturated carbocycles. The minimum atomic E-state index is -2.84. The van der Waals surface area contributed by atoms with Gasteiger partial charge in [-0.05, 0) is 6.92 Å². The number of fused-ring (bicyclic) bond motifs is 27. The second kappa shape index (κ2) is 34.1. The Labute approximate surface area is 442 Å². The molecule has 0 aromatic carbocycles. The molecule has 0 radical (unpaired) electrons. The van der Waals surface area contributed by atoms with E-state index in [1.54, 1.807) is 0 Å². The molecule has 456 valence electrons. The second-order valence-electron chi connectivity index (χ2n) is 17.0. The van der Waals surface area contributed by atoms with E-state index in [1.807, 2.05) is 0 Å². The first-order chi connectivity index (χ1) is 36.7. The van der Waals surface area contributed by atoms with Gasteiger partial charge in [-0.2, -0.15) is 0 Å². The second-order valence-corrected chi connectivity index (χ2v) is 17.0. The van der Waals surface area contributed by atoms with Crippen molar-refractivity contribution < 1.29 is 170 Å². The predicted molar refractivity (Wildman–Crippen MR) is 248 cm³/mol. The summed E-state index contributed by atoms with van der Waals surface area (Å²) in [5.41, 5.74) is 5.84. The van der Waals surface area contributed by atoms with Crippen LogP contribution < -0.4 is 5.73 Å². The average Bonchev–Trinajstić information content (AvgIpc) is 3.43.